The minimum Gasteiger partial charge on any atom is -0.495 e. The second-order valence-electron chi connectivity index (χ2n) is 4.39. The number of benzene rings is 1. The van der Waals surface area contributed by atoms with Crippen LogP contribution in [0, 0.1) is 0 Å². The lowest BCUT2D eigenvalue weighted by molar-refractivity contribution is 0.0535. The van der Waals surface area contributed by atoms with Gasteiger partial charge in [0.1, 0.15) is 5.75 Å². The Bertz CT molecular complexity index is 417. The van der Waals surface area contributed by atoms with Gasteiger partial charge in [-0.3, -0.25) is 0 Å². The smallest absolute Gasteiger partial charge is 0.138 e. The molecular weight excluding hydrogens is 275 g/mol. The molecule has 1 aliphatic heterocycles. The molecule has 100 valence electrons. The maximum Gasteiger partial charge on any atom is 0.138 e. The molecule has 1 saturated heterocycles. The lowest BCUT2D eigenvalue weighted by atomic mass is 10.0. The molecule has 3 nitrogen and oxygen atoms in total. The fourth-order valence-corrected chi connectivity index (χ4v) is 2.69. The van der Waals surface area contributed by atoms with Gasteiger partial charge in [-0.05, 0) is 18.9 Å². The summed E-state index contributed by atoms with van der Waals surface area (Å²) < 4.78 is 10.6. The Labute approximate surface area is 117 Å². The number of hydrogen-bond acceptors (Lipinski definition) is 3. The van der Waals surface area contributed by atoms with E-state index in [1.54, 1.807) is 12.1 Å². The number of methoxy groups -OCH3 is 1. The van der Waals surface area contributed by atoms with Gasteiger partial charge in [-0.25, -0.2) is 0 Å². The van der Waals surface area contributed by atoms with E-state index in [1.165, 1.54) is 7.11 Å². The van der Waals surface area contributed by atoms with Crippen LogP contribution in [0.15, 0.2) is 12.1 Å². The number of rotatable bonds is 4. The average molecular weight is 291 g/mol. The largest absolute Gasteiger partial charge is 0.495 e. The fraction of sp³-hybridized carbons (Fsp3) is 0.538. The van der Waals surface area contributed by atoms with Gasteiger partial charge in [-0.2, -0.15) is 0 Å². The monoisotopic (exact) mass is 290 g/mol. The zero-order valence-electron chi connectivity index (χ0n) is 10.2. The minimum absolute atomic E-state index is 0.108. The van der Waals surface area contributed by atoms with Crippen LogP contribution in [0.5, 0.6) is 5.75 Å². The number of aliphatic hydroxyl groups excluding tert-OH is 1. The van der Waals surface area contributed by atoms with Gasteiger partial charge in [0.25, 0.3) is 0 Å². The summed E-state index contributed by atoms with van der Waals surface area (Å²) in [6.45, 7) is 0.772. The van der Waals surface area contributed by atoms with Crippen molar-refractivity contribution in [3.05, 3.63) is 27.7 Å². The highest BCUT2D eigenvalue weighted by atomic mass is 35.5. The van der Waals surface area contributed by atoms with Crippen LogP contribution in [-0.4, -0.2) is 24.9 Å². The predicted molar refractivity (Wildman–Crippen MR) is 71.6 cm³/mol. The van der Waals surface area contributed by atoms with E-state index in [-0.39, 0.29) is 6.10 Å². The Balaban J connectivity index is 2.13. The third-order valence-electron chi connectivity index (χ3n) is 3.14. The normalized spacial score (nSPS) is 21.0. The Morgan fingerprint density at radius 2 is 2.22 bits per heavy atom. The molecule has 1 fully saturated rings. The zero-order chi connectivity index (χ0) is 13.1. The molecule has 1 aromatic rings. The van der Waals surface area contributed by atoms with E-state index < -0.39 is 6.10 Å². The molecule has 2 unspecified atom stereocenters. The van der Waals surface area contributed by atoms with E-state index in [0.29, 0.717) is 27.8 Å². The number of ether oxygens (including phenoxy) is 2. The summed E-state index contributed by atoms with van der Waals surface area (Å²) in [4.78, 5) is 0. The Morgan fingerprint density at radius 1 is 1.44 bits per heavy atom. The van der Waals surface area contributed by atoms with Gasteiger partial charge in [-0.15, -0.1) is 0 Å². The highest BCUT2D eigenvalue weighted by Crippen LogP contribution is 2.36. The summed E-state index contributed by atoms with van der Waals surface area (Å²) in [5.41, 5.74) is 0.623. The SMILES string of the molecule is COc1cc(Cl)c(C(O)CC2CCCO2)cc1Cl. The highest BCUT2D eigenvalue weighted by molar-refractivity contribution is 6.34. The molecular formula is C13H16Cl2O3. The fourth-order valence-electron chi connectivity index (χ4n) is 2.16. The van der Waals surface area contributed by atoms with Crippen LogP contribution in [-0.2, 0) is 4.74 Å². The van der Waals surface area contributed by atoms with Gasteiger partial charge < -0.3 is 14.6 Å². The van der Waals surface area contributed by atoms with Gasteiger partial charge in [0.15, 0.2) is 0 Å². The molecule has 0 saturated carbocycles. The van der Waals surface area contributed by atoms with Crippen LogP contribution in [0.2, 0.25) is 10.0 Å². The summed E-state index contributed by atoms with van der Waals surface area (Å²) in [6, 6.07) is 3.28. The number of aliphatic hydroxyl groups is 1. The first-order valence-corrected chi connectivity index (χ1v) is 6.70. The molecule has 0 bridgehead atoms. The predicted octanol–water partition coefficient (Wildman–Crippen LogP) is 3.60. The molecule has 1 N–H and O–H groups in total. The van der Waals surface area contributed by atoms with Crippen molar-refractivity contribution in [3.63, 3.8) is 0 Å². The summed E-state index contributed by atoms with van der Waals surface area (Å²) in [5, 5.41) is 11.1. The van der Waals surface area contributed by atoms with E-state index in [2.05, 4.69) is 0 Å². The first-order chi connectivity index (χ1) is 8.61. The quantitative estimate of drug-likeness (QED) is 0.921. The lowest BCUT2D eigenvalue weighted by Gasteiger charge is -2.17. The zero-order valence-corrected chi connectivity index (χ0v) is 11.7. The summed E-state index contributed by atoms with van der Waals surface area (Å²) in [7, 11) is 1.53. The molecule has 0 aromatic heterocycles. The standard InChI is InChI=1S/C13H16Cl2O3/c1-17-13-7-10(14)9(6-11(13)15)12(16)5-8-3-2-4-18-8/h6-8,12,16H,2-5H2,1H3. The molecule has 0 spiro atoms. The van der Waals surface area contributed by atoms with Gasteiger partial charge in [0, 0.05) is 24.7 Å². The first kappa shape index (κ1) is 13.9. The van der Waals surface area contributed by atoms with Crippen LogP contribution in [0.25, 0.3) is 0 Å². The van der Waals surface area contributed by atoms with Crippen LogP contribution in [0.4, 0.5) is 0 Å². The van der Waals surface area contributed by atoms with Crippen LogP contribution >= 0.6 is 23.2 Å². The molecule has 0 amide bonds. The summed E-state index contributed by atoms with van der Waals surface area (Å²) >= 11 is 12.2. The van der Waals surface area contributed by atoms with Crippen molar-refractivity contribution < 1.29 is 14.6 Å². The second-order valence-corrected chi connectivity index (χ2v) is 5.21. The van der Waals surface area contributed by atoms with Crippen molar-refractivity contribution in [1.29, 1.82) is 0 Å². The van der Waals surface area contributed by atoms with Crippen LogP contribution in [0.3, 0.4) is 0 Å². The molecule has 1 heterocycles. The number of halogens is 2. The van der Waals surface area contributed by atoms with Gasteiger partial charge in [-0.1, -0.05) is 23.2 Å². The van der Waals surface area contributed by atoms with Crippen LogP contribution < -0.4 is 4.74 Å². The van der Waals surface area contributed by atoms with E-state index in [1.807, 2.05) is 0 Å². The molecule has 0 aliphatic carbocycles. The van der Waals surface area contributed by atoms with Crippen molar-refractivity contribution in [2.24, 2.45) is 0 Å². The van der Waals surface area contributed by atoms with Crippen molar-refractivity contribution in [2.45, 2.75) is 31.5 Å². The highest BCUT2D eigenvalue weighted by Gasteiger charge is 2.22. The Hall–Kier alpha value is -0.480. The molecule has 0 radical (unpaired) electrons. The van der Waals surface area contributed by atoms with Crippen molar-refractivity contribution >= 4 is 23.2 Å². The van der Waals surface area contributed by atoms with Crippen molar-refractivity contribution in [2.75, 3.05) is 13.7 Å². The van der Waals surface area contributed by atoms with E-state index in [0.717, 1.165) is 19.4 Å². The molecule has 1 aliphatic rings. The molecule has 2 atom stereocenters. The maximum absolute atomic E-state index is 10.2. The lowest BCUT2D eigenvalue weighted by Crippen LogP contribution is -2.11. The van der Waals surface area contributed by atoms with Crippen LogP contribution in [0.1, 0.15) is 30.9 Å². The Kier molecular flexibility index (Phi) is 4.73. The summed E-state index contributed by atoms with van der Waals surface area (Å²) in [6.07, 6.45) is 2.02. The van der Waals surface area contributed by atoms with Gasteiger partial charge >= 0.3 is 0 Å². The maximum atomic E-state index is 10.2. The average Bonchev–Trinajstić information content (AvgIpc) is 2.84. The third kappa shape index (κ3) is 3.09. The first-order valence-electron chi connectivity index (χ1n) is 5.94. The molecule has 1 aromatic carbocycles. The van der Waals surface area contributed by atoms with Crippen molar-refractivity contribution in [3.8, 4) is 5.75 Å². The summed E-state index contributed by atoms with van der Waals surface area (Å²) in [5.74, 6) is 0.509. The van der Waals surface area contributed by atoms with E-state index >= 15 is 0 Å². The van der Waals surface area contributed by atoms with E-state index in [9.17, 15) is 5.11 Å². The number of hydrogen-bond donors (Lipinski definition) is 1. The Morgan fingerprint density at radius 3 is 2.83 bits per heavy atom. The molecule has 18 heavy (non-hydrogen) atoms. The third-order valence-corrected chi connectivity index (χ3v) is 3.76. The van der Waals surface area contributed by atoms with Gasteiger partial charge in [0.05, 0.1) is 29.4 Å². The van der Waals surface area contributed by atoms with Crippen molar-refractivity contribution in [1.82, 2.24) is 0 Å². The van der Waals surface area contributed by atoms with Gasteiger partial charge in [0.2, 0.25) is 0 Å². The minimum atomic E-state index is -0.663. The molecule has 5 heteroatoms. The second kappa shape index (κ2) is 6.11. The molecule has 2 rings (SSSR count). The van der Waals surface area contributed by atoms with E-state index in [4.69, 9.17) is 32.7 Å². The topological polar surface area (TPSA) is 38.7 Å².